The van der Waals surface area contributed by atoms with Gasteiger partial charge in [0.05, 0.1) is 28.7 Å². The number of hydrogen-bond acceptors (Lipinski definition) is 2. The number of aromatic nitrogens is 2. The van der Waals surface area contributed by atoms with Crippen LogP contribution in [0.2, 0.25) is 0 Å². The molecule has 1 aliphatic rings. The van der Waals surface area contributed by atoms with Gasteiger partial charge in [-0.05, 0) is 55.2 Å². The minimum absolute atomic E-state index is 0.0371. The standard InChI is InChI=1S/C22H18F5N3O/c23-16-8-13(9-17(24)11-16)6-7-28-21(31)19-12-29-30(20(19)14-4-5-14)18-3-1-2-15(10-18)22(25,26)27/h1-3,8-12,14H,4-7H2,(H,28,31). The summed E-state index contributed by atoms with van der Waals surface area (Å²) in [7, 11) is 0. The van der Waals surface area contributed by atoms with E-state index in [2.05, 4.69) is 10.4 Å². The van der Waals surface area contributed by atoms with Crippen molar-refractivity contribution >= 4 is 5.91 Å². The molecule has 1 aromatic heterocycles. The number of amides is 1. The fraction of sp³-hybridized carbons (Fsp3) is 0.273. The van der Waals surface area contributed by atoms with Crippen molar-refractivity contribution in [3.63, 3.8) is 0 Å². The molecule has 1 aliphatic carbocycles. The molecule has 4 nitrogen and oxygen atoms in total. The molecule has 2 aromatic carbocycles. The van der Waals surface area contributed by atoms with Gasteiger partial charge in [-0.25, -0.2) is 13.5 Å². The van der Waals surface area contributed by atoms with Crippen LogP contribution in [0.1, 0.15) is 45.9 Å². The lowest BCUT2D eigenvalue weighted by molar-refractivity contribution is -0.137. The highest BCUT2D eigenvalue weighted by Gasteiger charge is 2.34. The molecule has 1 saturated carbocycles. The monoisotopic (exact) mass is 435 g/mol. The van der Waals surface area contributed by atoms with Gasteiger partial charge in [0.1, 0.15) is 11.6 Å². The van der Waals surface area contributed by atoms with E-state index < -0.39 is 29.3 Å². The molecule has 3 aromatic rings. The number of halogens is 5. The van der Waals surface area contributed by atoms with E-state index in [1.807, 2.05) is 0 Å². The van der Waals surface area contributed by atoms with Crippen LogP contribution in [0.15, 0.2) is 48.7 Å². The van der Waals surface area contributed by atoms with Crippen LogP contribution in [0, 0.1) is 11.6 Å². The smallest absolute Gasteiger partial charge is 0.352 e. The summed E-state index contributed by atoms with van der Waals surface area (Å²) in [6.07, 6.45) is -1.30. The van der Waals surface area contributed by atoms with Crippen molar-refractivity contribution in [1.82, 2.24) is 15.1 Å². The first kappa shape index (κ1) is 21.0. The van der Waals surface area contributed by atoms with Crippen LogP contribution >= 0.6 is 0 Å². The molecule has 0 unspecified atom stereocenters. The van der Waals surface area contributed by atoms with Crippen molar-refractivity contribution in [1.29, 1.82) is 0 Å². The lowest BCUT2D eigenvalue weighted by atomic mass is 10.1. The second-order valence-electron chi connectivity index (χ2n) is 7.46. The Morgan fingerprint density at radius 2 is 1.81 bits per heavy atom. The normalized spacial score (nSPS) is 14.0. The van der Waals surface area contributed by atoms with E-state index in [1.165, 1.54) is 35.1 Å². The second-order valence-corrected chi connectivity index (χ2v) is 7.46. The molecule has 0 radical (unpaired) electrons. The minimum atomic E-state index is -4.49. The molecule has 0 saturated heterocycles. The predicted molar refractivity (Wildman–Crippen MR) is 103 cm³/mol. The molecule has 1 heterocycles. The number of alkyl halides is 3. The average molecular weight is 435 g/mol. The van der Waals surface area contributed by atoms with E-state index in [0.717, 1.165) is 31.0 Å². The number of nitrogens with one attached hydrogen (secondary N) is 1. The molecular weight excluding hydrogens is 417 g/mol. The molecule has 9 heteroatoms. The van der Waals surface area contributed by atoms with Crippen LogP contribution in [-0.4, -0.2) is 22.2 Å². The van der Waals surface area contributed by atoms with E-state index >= 15 is 0 Å². The maximum atomic E-state index is 13.3. The van der Waals surface area contributed by atoms with Crippen molar-refractivity contribution in [3.8, 4) is 5.69 Å². The van der Waals surface area contributed by atoms with Crippen molar-refractivity contribution in [2.24, 2.45) is 0 Å². The van der Waals surface area contributed by atoms with E-state index in [4.69, 9.17) is 0 Å². The summed E-state index contributed by atoms with van der Waals surface area (Å²) < 4.78 is 67.2. The molecule has 31 heavy (non-hydrogen) atoms. The van der Waals surface area contributed by atoms with Gasteiger partial charge in [0.15, 0.2) is 0 Å². The average Bonchev–Trinajstić information content (AvgIpc) is 3.44. The Morgan fingerprint density at radius 3 is 2.45 bits per heavy atom. The number of carbonyl (C=O) groups excluding carboxylic acids is 1. The Hall–Kier alpha value is -3.23. The fourth-order valence-corrected chi connectivity index (χ4v) is 3.47. The lowest BCUT2D eigenvalue weighted by Crippen LogP contribution is -2.26. The number of carbonyl (C=O) groups is 1. The Balaban J connectivity index is 1.53. The summed E-state index contributed by atoms with van der Waals surface area (Å²) in [4.78, 5) is 12.7. The first-order valence-corrected chi connectivity index (χ1v) is 9.71. The highest BCUT2D eigenvalue weighted by atomic mass is 19.4. The number of nitrogens with zero attached hydrogens (tertiary/aromatic N) is 2. The fourth-order valence-electron chi connectivity index (χ4n) is 3.47. The Kier molecular flexibility index (Phi) is 5.51. The van der Waals surface area contributed by atoms with Gasteiger partial charge in [-0.3, -0.25) is 4.79 Å². The molecule has 0 bridgehead atoms. The summed E-state index contributed by atoms with van der Waals surface area (Å²) in [5.74, 6) is -1.79. The van der Waals surface area contributed by atoms with Gasteiger partial charge in [0.25, 0.3) is 5.91 Å². The van der Waals surface area contributed by atoms with Gasteiger partial charge in [-0.2, -0.15) is 18.3 Å². The summed E-state index contributed by atoms with van der Waals surface area (Å²) >= 11 is 0. The van der Waals surface area contributed by atoms with Gasteiger partial charge in [0.2, 0.25) is 0 Å². The zero-order valence-corrected chi connectivity index (χ0v) is 16.2. The van der Waals surface area contributed by atoms with Crippen LogP contribution in [0.5, 0.6) is 0 Å². The van der Waals surface area contributed by atoms with Gasteiger partial charge >= 0.3 is 6.18 Å². The zero-order chi connectivity index (χ0) is 22.2. The zero-order valence-electron chi connectivity index (χ0n) is 16.2. The maximum Gasteiger partial charge on any atom is 0.416 e. The lowest BCUT2D eigenvalue weighted by Gasteiger charge is -2.12. The molecule has 162 valence electrons. The highest BCUT2D eigenvalue weighted by Crippen LogP contribution is 2.42. The van der Waals surface area contributed by atoms with Crippen LogP contribution in [0.3, 0.4) is 0 Å². The van der Waals surface area contributed by atoms with Gasteiger partial charge in [0, 0.05) is 18.5 Å². The Morgan fingerprint density at radius 1 is 1.10 bits per heavy atom. The largest absolute Gasteiger partial charge is 0.416 e. The van der Waals surface area contributed by atoms with Crippen LogP contribution in [0.4, 0.5) is 22.0 Å². The Bertz CT molecular complexity index is 1100. The highest BCUT2D eigenvalue weighted by molar-refractivity contribution is 5.95. The summed E-state index contributed by atoms with van der Waals surface area (Å²) in [5.41, 5.74) is 0.681. The van der Waals surface area contributed by atoms with Crippen molar-refractivity contribution in [2.75, 3.05) is 6.54 Å². The van der Waals surface area contributed by atoms with Gasteiger partial charge < -0.3 is 5.32 Å². The molecule has 0 spiro atoms. The molecule has 4 rings (SSSR count). The molecule has 1 fully saturated rings. The van der Waals surface area contributed by atoms with Crippen LogP contribution in [-0.2, 0) is 12.6 Å². The van der Waals surface area contributed by atoms with Crippen LogP contribution in [0.25, 0.3) is 5.69 Å². The van der Waals surface area contributed by atoms with E-state index in [9.17, 15) is 26.7 Å². The van der Waals surface area contributed by atoms with Crippen molar-refractivity contribution < 1.29 is 26.7 Å². The second kappa shape index (κ2) is 8.13. The third-order valence-corrected chi connectivity index (χ3v) is 5.05. The summed E-state index contributed by atoms with van der Waals surface area (Å²) in [6, 6.07) is 7.94. The quantitative estimate of drug-likeness (QED) is 0.553. The van der Waals surface area contributed by atoms with Gasteiger partial charge in [-0.1, -0.05) is 6.07 Å². The maximum absolute atomic E-state index is 13.3. The third-order valence-electron chi connectivity index (χ3n) is 5.05. The molecule has 0 atom stereocenters. The molecule has 1 amide bonds. The van der Waals surface area contributed by atoms with Crippen molar-refractivity contribution in [2.45, 2.75) is 31.4 Å². The van der Waals surface area contributed by atoms with E-state index in [-0.39, 0.29) is 30.1 Å². The number of rotatable bonds is 6. The van der Waals surface area contributed by atoms with Gasteiger partial charge in [-0.15, -0.1) is 0 Å². The SMILES string of the molecule is O=C(NCCc1cc(F)cc(F)c1)c1cnn(-c2cccc(C(F)(F)F)c2)c1C1CC1. The van der Waals surface area contributed by atoms with E-state index in [1.54, 1.807) is 0 Å². The molecule has 1 N–H and O–H groups in total. The third kappa shape index (κ3) is 4.76. The van der Waals surface area contributed by atoms with Crippen molar-refractivity contribution in [3.05, 3.63) is 82.7 Å². The first-order chi connectivity index (χ1) is 14.7. The first-order valence-electron chi connectivity index (χ1n) is 9.71. The predicted octanol–water partition coefficient (Wildman–Crippen LogP) is 5.02. The Labute approximate surface area is 174 Å². The summed E-state index contributed by atoms with van der Waals surface area (Å²) in [6.45, 7) is 0.139. The minimum Gasteiger partial charge on any atom is -0.352 e. The topological polar surface area (TPSA) is 46.9 Å². The van der Waals surface area contributed by atoms with E-state index in [0.29, 0.717) is 11.3 Å². The number of benzene rings is 2. The number of hydrogen-bond donors (Lipinski definition) is 1. The molecular formula is C22H18F5N3O. The summed E-state index contributed by atoms with van der Waals surface area (Å²) in [5, 5.41) is 6.86. The van der Waals surface area contributed by atoms with Crippen LogP contribution < -0.4 is 5.32 Å². The molecule has 0 aliphatic heterocycles.